The largest absolute Gasteiger partial charge is 0.497 e. The predicted octanol–water partition coefficient (Wildman–Crippen LogP) is 2.32. The quantitative estimate of drug-likeness (QED) is 0.825. The van der Waals surface area contributed by atoms with Crippen LogP contribution in [0.2, 0.25) is 0 Å². The van der Waals surface area contributed by atoms with Crippen LogP contribution in [0.3, 0.4) is 0 Å². The highest BCUT2D eigenvalue weighted by molar-refractivity contribution is 5.84. The zero-order valence-corrected chi connectivity index (χ0v) is 14.7. The summed E-state index contributed by atoms with van der Waals surface area (Å²) in [7, 11) is 1.56. The van der Waals surface area contributed by atoms with Crippen molar-refractivity contribution in [2.45, 2.75) is 38.1 Å². The molecule has 1 saturated carbocycles. The fourth-order valence-electron chi connectivity index (χ4n) is 3.90. The van der Waals surface area contributed by atoms with Crippen LogP contribution in [0, 0.1) is 11.3 Å². The zero-order valence-electron chi connectivity index (χ0n) is 14.7. The SMILES string of the molecule is COc1cccc(C(C)(CC(=O)O)NC(=O)C2CC23CCOCC3)c1. The molecule has 1 saturated heterocycles. The maximum atomic E-state index is 12.8. The van der Waals surface area contributed by atoms with E-state index in [9.17, 15) is 14.7 Å². The number of carboxylic acids is 1. The molecule has 1 aliphatic heterocycles. The Morgan fingerprint density at radius 2 is 2.12 bits per heavy atom. The minimum atomic E-state index is -0.980. The van der Waals surface area contributed by atoms with Crippen molar-refractivity contribution in [3.05, 3.63) is 29.8 Å². The van der Waals surface area contributed by atoms with Gasteiger partial charge >= 0.3 is 5.97 Å². The first-order valence-electron chi connectivity index (χ1n) is 8.65. The van der Waals surface area contributed by atoms with Crippen molar-refractivity contribution in [3.8, 4) is 5.75 Å². The third-order valence-electron chi connectivity index (χ3n) is 5.61. The summed E-state index contributed by atoms with van der Waals surface area (Å²) in [5.74, 6) is -0.429. The molecule has 1 aromatic rings. The lowest BCUT2D eigenvalue weighted by molar-refractivity contribution is -0.139. The molecule has 6 heteroatoms. The van der Waals surface area contributed by atoms with Gasteiger partial charge in [-0.3, -0.25) is 9.59 Å². The molecule has 1 spiro atoms. The number of rotatable bonds is 6. The standard InChI is InChI=1S/C19H25NO5/c1-18(12-16(21)22,13-4-3-5-14(10-13)24-2)20-17(23)15-11-19(15)6-8-25-9-7-19/h3-5,10,15H,6-9,11-12H2,1-2H3,(H,20,23)(H,21,22). The van der Waals surface area contributed by atoms with Crippen molar-refractivity contribution >= 4 is 11.9 Å². The number of benzene rings is 1. The van der Waals surface area contributed by atoms with Crippen molar-refractivity contribution in [3.63, 3.8) is 0 Å². The fourth-order valence-corrected chi connectivity index (χ4v) is 3.90. The highest BCUT2D eigenvalue weighted by Gasteiger charge is 2.58. The Bertz CT molecular complexity index is 668. The molecule has 2 fully saturated rings. The molecular weight excluding hydrogens is 322 g/mol. The van der Waals surface area contributed by atoms with Gasteiger partial charge in [0.25, 0.3) is 0 Å². The van der Waals surface area contributed by atoms with Gasteiger partial charge in [-0.25, -0.2) is 0 Å². The van der Waals surface area contributed by atoms with Crippen LogP contribution in [0.1, 0.15) is 38.2 Å². The van der Waals surface area contributed by atoms with Crippen LogP contribution in [0.4, 0.5) is 0 Å². The van der Waals surface area contributed by atoms with Gasteiger partial charge in [0.2, 0.25) is 5.91 Å². The smallest absolute Gasteiger partial charge is 0.306 e. The number of methoxy groups -OCH3 is 1. The number of amides is 1. The zero-order chi connectivity index (χ0) is 18.1. The summed E-state index contributed by atoms with van der Waals surface area (Å²) in [4.78, 5) is 24.2. The first-order chi connectivity index (χ1) is 11.9. The summed E-state index contributed by atoms with van der Waals surface area (Å²) in [5, 5.41) is 12.4. The summed E-state index contributed by atoms with van der Waals surface area (Å²) >= 11 is 0. The van der Waals surface area contributed by atoms with Gasteiger partial charge in [-0.2, -0.15) is 0 Å². The molecule has 136 valence electrons. The molecule has 0 radical (unpaired) electrons. The van der Waals surface area contributed by atoms with Crippen LogP contribution in [0.5, 0.6) is 5.75 Å². The molecule has 0 aromatic heterocycles. The van der Waals surface area contributed by atoms with Crippen LogP contribution in [0.25, 0.3) is 0 Å². The molecule has 1 aliphatic carbocycles. The van der Waals surface area contributed by atoms with E-state index in [1.165, 1.54) is 0 Å². The molecule has 1 heterocycles. The highest BCUT2D eigenvalue weighted by Crippen LogP contribution is 2.59. The Kier molecular flexibility index (Phi) is 4.73. The monoisotopic (exact) mass is 347 g/mol. The molecule has 25 heavy (non-hydrogen) atoms. The molecular formula is C19H25NO5. The van der Waals surface area contributed by atoms with Crippen molar-refractivity contribution in [1.82, 2.24) is 5.32 Å². The van der Waals surface area contributed by atoms with Crippen LogP contribution in [0.15, 0.2) is 24.3 Å². The van der Waals surface area contributed by atoms with Crippen molar-refractivity contribution < 1.29 is 24.2 Å². The average Bonchev–Trinajstić information content (AvgIpc) is 3.28. The van der Waals surface area contributed by atoms with Gasteiger partial charge in [0.15, 0.2) is 0 Å². The van der Waals surface area contributed by atoms with E-state index in [1.54, 1.807) is 32.2 Å². The van der Waals surface area contributed by atoms with Gasteiger partial charge in [-0.1, -0.05) is 12.1 Å². The average molecular weight is 347 g/mol. The Morgan fingerprint density at radius 1 is 1.40 bits per heavy atom. The van der Waals surface area contributed by atoms with Crippen LogP contribution >= 0.6 is 0 Å². The number of hydrogen-bond acceptors (Lipinski definition) is 4. The molecule has 2 atom stereocenters. The van der Waals surface area contributed by atoms with Gasteiger partial charge in [0.05, 0.1) is 19.1 Å². The van der Waals surface area contributed by atoms with Crippen molar-refractivity contribution in [1.29, 1.82) is 0 Å². The summed E-state index contributed by atoms with van der Waals surface area (Å²) in [6.45, 7) is 3.16. The predicted molar refractivity (Wildman–Crippen MR) is 91.3 cm³/mol. The molecule has 2 aliphatic rings. The fraction of sp³-hybridized carbons (Fsp3) is 0.579. The molecule has 6 nitrogen and oxygen atoms in total. The normalized spacial score (nSPS) is 23.5. The Balaban J connectivity index is 1.78. The van der Waals surface area contributed by atoms with E-state index in [1.807, 2.05) is 6.07 Å². The first kappa shape index (κ1) is 17.7. The number of carbonyl (C=O) groups is 2. The van der Waals surface area contributed by atoms with Crippen molar-refractivity contribution in [2.75, 3.05) is 20.3 Å². The van der Waals surface area contributed by atoms with E-state index in [2.05, 4.69) is 5.32 Å². The maximum absolute atomic E-state index is 12.8. The third-order valence-corrected chi connectivity index (χ3v) is 5.61. The van der Waals surface area contributed by atoms with Gasteiger partial charge in [0.1, 0.15) is 5.75 Å². The topological polar surface area (TPSA) is 84.9 Å². The van der Waals surface area contributed by atoms with Gasteiger partial charge in [0, 0.05) is 19.1 Å². The Hall–Kier alpha value is -2.08. The second-order valence-electron chi connectivity index (χ2n) is 7.36. The summed E-state index contributed by atoms with van der Waals surface area (Å²) < 4.78 is 10.6. The van der Waals surface area contributed by atoms with E-state index in [0.717, 1.165) is 24.8 Å². The third kappa shape index (κ3) is 3.63. The van der Waals surface area contributed by atoms with Crippen LogP contribution in [-0.2, 0) is 19.9 Å². The molecule has 1 aromatic carbocycles. The Labute approximate surface area is 147 Å². The number of carbonyl (C=O) groups excluding carboxylic acids is 1. The summed E-state index contributed by atoms with van der Waals surface area (Å²) in [6.07, 6.45) is 2.48. The number of nitrogens with one attached hydrogen (secondary N) is 1. The maximum Gasteiger partial charge on any atom is 0.306 e. The minimum absolute atomic E-state index is 0.0462. The lowest BCUT2D eigenvalue weighted by atomic mass is 9.87. The number of aliphatic carboxylic acids is 1. The van der Waals surface area contributed by atoms with E-state index >= 15 is 0 Å². The second-order valence-corrected chi connectivity index (χ2v) is 7.36. The van der Waals surface area contributed by atoms with E-state index in [-0.39, 0.29) is 23.7 Å². The Morgan fingerprint density at radius 3 is 2.76 bits per heavy atom. The van der Waals surface area contributed by atoms with Crippen LogP contribution in [-0.4, -0.2) is 37.3 Å². The van der Waals surface area contributed by atoms with Gasteiger partial charge < -0.3 is 19.9 Å². The van der Waals surface area contributed by atoms with Crippen molar-refractivity contribution in [2.24, 2.45) is 11.3 Å². The van der Waals surface area contributed by atoms with Gasteiger partial charge in [-0.15, -0.1) is 0 Å². The molecule has 0 bridgehead atoms. The lowest BCUT2D eigenvalue weighted by Crippen LogP contribution is -2.46. The second kappa shape index (κ2) is 6.67. The van der Waals surface area contributed by atoms with E-state index in [4.69, 9.17) is 9.47 Å². The lowest BCUT2D eigenvalue weighted by Gasteiger charge is -2.31. The molecule has 2 unspecified atom stereocenters. The summed E-state index contributed by atoms with van der Waals surface area (Å²) in [5.41, 5.74) is -0.197. The van der Waals surface area contributed by atoms with E-state index < -0.39 is 11.5 Å². The number of ether oxygens (including phenoxy) is 2. The molecule has 2 N–H and O–H groups in total. The highest BCUT2D eigenvalue weighted by atomic mass is 16.5. The minimum Gasteiger partial charge on any atom is -0.497 e. The van der Waals surface area contributed by atoms with Gasteiger partial charge in [-0.05, 0) is 49.3 Å². The number of carboxylic acid groups (broad SMARTS) is 1. The molecule has 3 rings (SSSR count). The first-order valence-corrected chi connectivity index (χ1v) is 8.65. The van der Waals surface area contributed by atoms with E-state index in [0.29, 0.717) is 19.0 Å². The van der Waals surface area contributed by atoms with Crippen LogP contribution < -0.4 is 10.1 Å². The molecule has 1 amide bonds. The number of hydrogen-bond donors (Lipinski definition) is 2. The summed E-state index contributed by atoms with van der Waals surface area (Å²) in [6, 6.07) is 7.20.